The predicted octanol–water partition coefficient (Wildman–Crippen LogP) is 5.93. The molecule has 0 saturated carbocycles. The number of pyridine rings is 1. The molecule has 44 heavy (non-hydrogen) atoms. The second kappa shape index (κ2) is 12.4. The van der Waals surface area contributed by atoms with Crippen molar-refractivity contribution < 1.29 is 18.0 Å². The second-order valence-corrected chi connectivity index (χ2v) is 13.2. The van der Waals surface area contributed by atoms with E-state index in [2.05, 4.69) is 71.3 Å². The molecule has 5 aromatic rings. The van der Waals surface area contributed by atoms with Crippen LogP contribution >= 0.6 is 0 Å². The first-order valence-corrected chi connectivity index (χ1v) is 16.0. The van der Waals surface area contributed by atoms with Crippen LogP contribution in [0.4, 0.5) is 5.69 Å². The van der Waals surface area contributed by atoms with Crippen LogP contribution in [-0.4, -0.2) is 40.5 Å². The largest absolute Gasteiger partial charge is 0.341 e. The summed E-state index contributed by atoms with van der Waals surface area (Å²) in [5.74, 6) is -0.224. The van der Waals surface area contributed by atoms with Crippen molar-refractivity contribution in [1.82, 2.24) is 19.9 Å². The zero-order valence-corrected chi connectivity index (χ0v) is 26.1. The molecule has 0 radical (unpaired) electrons. The number of anilines is 1. The number of benzene rings is 3. The Morgan fingerprint density at radius 3 is 2.16 bits per heavy atom. The van der Waals surface area contributed by atoms with Gasteiger partial charge in [0.15, 0.2) is 15.7 Å². The summed E-state index contributed by atoms with van der Waals surface area (Å²) >= 11 is 0. The molecule has 0 saturated heterocycles. The highest BCUT2D eigenvalue weighted by Crippen LogP contribution is 2.32. The standard InChI is InChI=1S/C34H35N5O4S/c1-6-44(42,43)28-15-12-26(13-16-28)32(36-24(5)40)34(41)37-27-14-18-30(35-20-27)33-38-29-17-9-22(3)19-31(29)39(33)23(4)25-10-7-21(2)8-11-25/h7-20,23,32H,6H2,1-5H3,(H,36,40)(H,37,41)/t23-,32?/m1/s1. The third-order valence-corrected chi connectivity index (χ3v) is 9.37. The monoisotopic (exact) mass is 609 g/mol. The molecular formula is C34H35N5O4S. The van der Waals surface area contributed by atoms with Crippen LogP contribution in [0.25, 0.3) is 22.6 Å². The van der Waals surface area contributed by atoms with Crippen LogP contribution in [0.5, 0.6) is 0 Å². The molecule has 226 valence electrons. The van der Waals surface area contributed by atoms with E-state index in [1.54, 1.807) is 25.3 Å². The molecule has 0 aliphatic carbocycles. The number of fused-ring (bicyclic) bond motifs is 1. The Morgan fingerprint density at radius 2 is 1.55 bits per heavy atom. The van der Waals surface area contributed by atoms with Gasteiger partial charge in [-0.25, -0.2) is 13.4 Å². The fourth-order valence-corrected chi connectivity index (χ4v) is 6.01. The van der Waals surface area contributed by atoms with Gasteiger partial charge in [0.05, 0.1) is 39.6 Å². The molecule has 2 aromatic heterocycles. The first-order valence-electron chi connectivity index (χ1n) is 14.4. The highest BCUT2D eigenvalue weighted by atomic mass is 32.2. The summed E-state index contributed by atoms with van der Waals surface area (Å²) in [6.07, 6.45) is 1.56. The van der Waals surface area contributed by atoms with Crippen molar-refractivity contribution in [1.29, 1.82) is 0 Å². The maximum absolute atomic E-state index is 13.3. The van der Waals surface area contributed by atoms with E-state index < -0.39 is 27.7 Å². The molecule has 2 N–H and O–H groups in total. The SMILES string of the molecule is CCS(=O)(=O)c1ccc(C(NC(C)=O)C(=O)Nc2ccc(-c3nc4ccc(C)cc4n3[C@H](C)c3ccc(C)cc3)nc2)cc1. The third-order valence-electron chi connectivity index (χ3n) is 7.61. The molecule has 0 fully saturated rings. The van der Waals surface area contributed by atoms with Crippen LogP contribution in [-0.2, 0) is 19.4 Å². The average Bonchev–Trinajstić information content (AvgIpc) is 3.38. The van der Waals surface area contributed by atoms with Gasteiger partial charge >= 0.3 is 0 Å². The van der Waals surface area contributed by atoms with E-state index in [0.717, 1.165) is 22.2 Å². The van der Waals surface area contributed by atoms with E-state index in [0.29, 0.717) is 22.8 Å². The smallest absolute Gasteiger partial charge is 0.251 e. The van der Waals surface area contributed by atoms with Crippen molar-refractivity contribution in [3.05, 3.63) is 107 Å². The van der Waals surface area contributed by atoms with E-state index in [4.69, 9.17) is 4.98 Å². The van der Waals surface area contributed by atoms with Gasteiger partial charge in [-0.2, -0.15) is 0 Å². The molecule has 3 aromatic carbocycles. The number of hydrogen-bond donors (Lipinski definition) is 2. The number of carbonyl (C=O) groups is 2. The van der Waals surface area contributed by atoms with E-state index in [1.807, 2.05) is 12.1 Å². The molecule has 2 amide bonds. The molecule has 5 rings (SSSR count). The lowest BCUT2D eigenvalue weighted by Gasteiger charge is -2.19. The van der Waals surface area contributed by atoms with E-state index in [9.17, 15) is 18.0 Å². The lowest BCUT2D eigenvalue weighted by atomic mass is 10.1. The number of amides is 2. The molecule has 2 heterocycles. The third kappa shape index (κ3) is 6.40. The quantitative estimate of drug-likeness (QED) is 0.213. The number of sulfone groups is 1. The van der Waals surface area contributed by atoms with Crippen LogP contribution in [0.15, 0.2) is 90.0 Å². The van der Waals surface area contributed by atoms with Crippen LogP contribution in [0, 0.1) is 13.8 Å². The van der Waals surface area contributed by atoms with Crippen molar-refractivity contribution >= 4 is 38.4 Å². The minimum absolute atomic E-state index is 0.0179. The van der Waals surface area contributed by atoms with Crippen molar-refractivity contribution in [2.45, 2.75) is 51.6 Å². The molecule has 0 bridgehead atoms. The molecule has 0 aliphatic heterocycles. The number of aryl methyl sites for hydroxylation is 2. The van der Waals surface area contributed by atoms with Crippen LogP contribution < -0.4 is 10.6 Å². The Kier molecular flexibility index (Phi) is 8.64. The lowest BCUT2D eigenvalue weighted by molar-refractivity contribution is -0.125. The molecule has 0 aliphatic rings. The number of imidazole rings is 1. The predicted molar refractivity (Wildman–Crippen MR) is 172 cm³/mol. The number of aromatic nitrogens is 3. The highest BCUT2D eigenvalue weighted by Gasteiger charge is 2.24. The minimum Gasteiger partial charge on any atom is -0.341 e. The highest BCUT2D eigenvalue weighted by molar-refractivity contribution is 7.91. The second-order valence-electron chi connectivity index (χ2n) is 10.9. The van der Waals surface area contributed by atoms with Crippen LogP contribution in [0.3, 0.4) is 0 Å². The average molecular weight is 610 g/mol. The Bertz CT molecular complexity index is 1930. The summed E-state index contributed by atoms with van der Waals surface area (Å²) in [5, 5.41) is 5.47. The summed E-state index contributed by atoms with van der Waals surface area (Å²) in [4.78, 5) is 35.0. The Balaban J connectivity index is 1.44. The van der Waals surface area contributed by atoms with Gasteiger partial charge in [-0.15, -0.1) is 0 Å². The van der Waals surface area contributed by atoms with E-state index in [-0.39, 0.29) is 16.7 Å². The summed E-state index contributed by atoms with van der Waals surface area (Å²) in [5.41, 5.74) is 6.85. The van der Waals surface area contributed by atoms with Gasteiger partial charge in [-0.05, 0) is 73.9 Å². The van der Waals surface area contributed by atoms with Gasteiger partial charge in [0.2, 0.25) is 5.91 Å². The van der Waals surface area contributed by atoms with Crippen molar-refractivity contribution in [2.24, 2.45) is 0 Å². The molecule has 1 unspecified atom stereocenters. The van der Waals surface area contributed by atoms with Gasteiger partial charge in [-0.3, -0.25) is 14.6 Å². The minimum atomic E-state index is -3.40. The summed E-state index contributed by atoms with van der Waals surface area (Å²) < 4.78 is 26.6. The Morgan fingerprint density at radius 1 is 0.886 bits per heavy atom. The zero-order valence-electron chi connectivity index (χ0n) is 25.3. The summed E-state index contributed by atoms with van der Waals surface area (Å²) in [6.45, 7) is 9.14. The Labute approximate surface area is 257 Å². The molecular weight excluding hydrogens is 574 g/mol. The van der Waals surface area contributed by atoms with Crippen molar-refractivity contribution in [2.75, 3.05) is 11.1 Å². The number of rotatable bonds is 9. The molecule has 0 spiro atoms. The first kappa shape index (κ1) is 30.6. The van der Waals surface area contributed by atoms with Gasteiger partial charge in [0, 0.05) is 6.92 Å². The topological polar surface area (TPSA) is 123 Å². The fourth-order valence-electron chi connectivity index (χ4n) is 5.12. The van der Waals surface area contributed by atoms with Crippen LogP contribution in [0.2, 0.25) is 0 Å². The van der Waals surface area contributed by atoms with Gasteiger partial charge in [0.1, 0.15) is 11.7 Å². The number of nitrogens with one attached hydrogen (secondary N) is 2. The van der Waals surface area contributed by atoms with E-state index in [1.165, 1.54) is 36.8 Å². The number of nitrogens with zero attached hydrogens (tertiary/aromatic N) is 3. The zero-order chi connectivity index (χ0) is 31.6. The van der Waals surface area contributed by atoms with E-state index >= 15 is 0 Å². The normalized spacial score (nSPS) is 12.9. The summed E-state index contributed by atoms with van der Waals surface area (Å²) in [6, 6.07) is 23.1. The van der Waals surface area contributed by atoms with Gasteiger partial charge in [-0.1, -0.05) is 55.0 Å². The molecule has 9 nitrogen and oxygen atoms in total. The van der Waals surface area contributed by atoms with Crippen LogP contribution in [0.1, 0.15) is 55.1 Å². The maximum atomic E-state index is 13.3. The van der Waals surface area contributed by atoms with Crippen molar-refractivity contribution in [3.63, 3.8) is 0 Å². The first-order chi connectivity index (χ1) is 21.0. The molecule has 10 heteroatoms. The summed E-state index contributed by atoms with van der Waals surface area (Å²) in [7, 11) is -3.40. The van der Waals surface area contributed by atoms with Gasteiger partial charge in [0.25, 0.3) is 5.91 Å². The van der Waals surface area contributed by atoms with Gasteiger partial charge < -0.3 is 15.2 Å². The number of carbonyl (C=O) groups excluding carboxylic acids is 2. The van der Waals surface area contributed by atoms with Crippen molar-refractivity contribution in [3.8, 4) is 11.5 Å². The maximum Gasteiger partial charge on any atom is 0.251 e. The number of hydrogen-bond acceptors (Lipinski definition) is 6. The Hall–Kier alpha value is -4.83. The molecule has 2 atom stereocenters. The lowest BCUT2D eigenvalue weighted by Crippen LogP contribution is -2.35. The fraction of sp³-hybridized carbons (Fsp3) is 0.235.